The van der Waals surface area contributed by atoms with Crippen molar-refractivity contribution in [3.63, 3.8) is 0 Å². The van der Waals surface area contributed by atoms with Gasteiger partial charge in [-0.1, -0.05) is 18.6 Å². The fourth-order valence-electron chi connectivity index (χ4n) is 6.97. The number of amides is 8. The Morgan fingerprint density at radius 2 is 1.54 bits per heavy atom. The molecule has 1 aromatic heterocycles. The first-order valence-electron chi connectivity index (χ1n) is 23.3. The van der Waals surface area contributed by atoms with Gasteiger partial charge in [-0.15, -0.1) is 11.3 Å². The van der Waals surface area contributed by atoms with Crippen molar-refractivity contribution in [3.8, 4) is 0 Å². The second kappa shape index (κ2) is 32.5. The Morgan fingerprint density at radius 1 is 0.859 bits per heavy atom. The van der Waals surface area contributed by atoms with Crippen molar-refractivity contribution in [2.24, 2.45) is 50.1 Å². The monoisotopic (exact) mass is 1020 g/mol. The molecule has 0 aromatic carbocycles. The van der Waals surface area contributed by atoms with Crippen molar-refractivity contribution in [3.05, 3.63) is 34.2 Å². The predicted molar refractivity (Wildman–Crippen MR) is 263 cm³/mol. The lowest BCUT2D eigenvalue weighted by atomic mass is 10.1. The van der Waals surface area contributed by atoms with Crippen LogP contribution in [-0.4, -0.2) is 162 Å². The van der Waals surface area contributed by atoms with Crippen LogP contribution in [0.5, 0.6) is 0 Å². The zero-order valence-corrected chi connectivity index (χ0v) is 40.8. The van der Waals surface area contributed by atoms with E-state index < -0.39 is 114 Å². The van der Waals surface area contributed by atoms with E-state index in [2.05, 4.69) is 41.9 Å². The summed E-state index contributed by atoms with van der Waals surface area (Å²) in [5, 5.41) is 36.5. The molecule has 2 heterocycles. The maximum Gasteiger partial charge on any atom is 0.352 e. The average molecular weight is 1020 g/mol. The standard InChI is InChI=1S/C43H72N16O11S/c1-24(53-39(66)33(30(60)22-47)57-36(63)25(48)10-2-4-16-44)35(62)52-23-32(61)54-27(12-6-18-46)41(68)59-20-8-14-29(59)38(65)58-34(31-15-9-21-71-31)40(67)55-26(11-3-5-17-45)37(64)56-28(42(69)70)13-7-19-51-43(49)50/h9,13,15,21,24-26,29-30,33-34,60H,2-8,10-12,14,16-20,22-23,44-48H2,1H3,(H,52,62)(H,53,66)(H,55,67)(H,56,64)(H,57,63)(H,58,65)(H,69,70)(H4,49,50,51)/b28-13-,54-27?/t24-,25-,26-,29-,30-,33-,34?/m0/s1. The maximum absolute atomic E-state index is 14.1. The second-order valence-corrected chi connectivity index (χ2v) is 17.4. The number of nitrogens with two attached hydrogens (primary N) is 7. The number of hydrogen-bond donors (Lipinski definition) is 15. The van der Waals surface area contributed by atoms with Gasteiger partial charge in [-0.2, -0.15) is 0 Å². The fraction of sp³-hybridized carbons (Fsp3) is 0.605. The van der Waals surface area contributed by atoms with Crippen molar-refractivity contribution in [2.75, 3.05) is 45.8 Å². The Labute approximate surface area is 415 Å². The van der Waals surface area contributed by atoms with Gasteiger partial charge in [0.2, 0.25) is 35.4 Å². The first-order valence-corrected chi connectivity index (χ1v) is 24.1. The van der Waals surface area contributed by atoms with Gasteiger partial charge in [0.1, 0.15) is 41.6 Å². The number of unbranched alkanes of at least 4 members (excludes halogenated alkanes) is 2. The minimum Gasteiger partial charge on any atom is -0.477 e. The van der Waals surface area contributed by atoms with Crippen molar-refractivity contribution in [1.29, 1.82) is 0 Å². The van der Waals surface area contributed by atoms with E-state index in [9.17, 15) is 53.4 Å². The lowest BCUT2D eigenvalue weighted by molar-refractivity contribution is -0.137. The summed E-state index contributed by atoms with van der Waals surface area (Å²) < 4.78 is 0. The number of carboxylic acid groups (broad SMARTS) is 1. The number of nitrogens with one attached hydrogen (secondary N) is 6. The summed E-state index contributed by atoms with van der Waals surface area (Å²) in [5.74, 6) is -8.31. The first kappa shape index (κ1) is 60.7. The highest BCUT2D eigenvalue weighted by Gasteiger charge is 2.39. The lowest BCUT2D eigenvalue weighted by Gasteiger charge is -2.27. The largest absolute Gasteiger partial charge is 0.477 e. The number of rotatable bonds is 32. The number of carboxylic acids is 1. The zero-order valence-electron chi connectivity index (χ0n) is 39.9. The molecule has 1 saturated heterocycles. The van der Waals surface area contributed by atoms with Gasteiger partial charge in [-0.25, -0.2) is 9.79 Å². The highest BCUT2D eigenvalue weighted by Crippen LogP contribution is 2.24. The van der Waals surface area contributed by atoms with Crippen LogP contribution in [0.1, 0.15) is 88.5 Å². The topological polar surface area (TPSA) is 476 Å². The summed E-state index contributed by atoms with van der Waals surface area (Å²) in [7, 11) is 0. The predicted octanol–water partition coefficient (Wildman–Crippen LogP) is -5.15. The van der Waals surface area contributed by atoms with Gasteiger partial charge in [0.25, 0.3) is 11.8 Å². The van der Waals surface area contributed by atoms with Gasteiger partial charge in [0.15, 0.2) is 5.96 Å². The van der Waals surface area contributed by atoms with Gasteiger partial charge in [-0.3, -0.25) is 43.3 Å². The molecule has 1 aliphatic heterocycles. The van der Waals surface area contributed by atoms with E-state index in [1.807, 2.05) is 0 Å². The maximum atomic E-state index is 14.1. The molecular formula is C43H72N16O11S. The minimum atomic E-state index is -1.57. The normalized spacial score (nSPS) is 16.3. The Hall–Kier alpha value is -6.43. The molecular weight excluding hydrogens is 949 g/mol. The molecule has 0 radical (unpaired) electrons. The highest BCUT2D eigenvalue weighted by atomic mass is 32.1. The van der Waals surface area contributed by atoms with Gasteiger partial charge >= 0.3 is 5.97 Å². The summed E-state index contributed by atoms with van der Waals surface area (Å²) >= 11 is 1.13. The van der Waals surface area contributed by atoms with E-state index in [1.54, 1.807) is 17.5 Å². The number of aliphatic imine (C=N–C) groups is 2. The highest BCUT2D eigenvalue weighted by molar-refractivity contribution is 7.10. The lowest BCUT2D eigenvalue weighted by Crippen LogP contribution is -2.60. The minimum absolute atomic E-state index is 0.0466. The van der Waals surface area contributed by atoms with Crippen LogP contribution in [0.25, 0.3) is 0 Å². The number of carbonyl (C=O) groups excluding carboxylic acids is 8. The molecule has 2 rings (SSSR count). The Morgan fingerprint density at radius 3 is 2.14 bits per heavy atom. The number of likely N-dealkylation sites (tertiary alicyclic amines) is 1. The molecule has 396 valence electrons. The SMILES string of the molecule is C[C@H](NC(=O)[C@@H](NC(=O)[C@@H](N)CCCCN)[C@@H](O)CN)C(=O)NCC(=O)N=C(CCCN)C(=O)N1CCC[C@H]1C(=O)NC(C(=O)N[C@@H](CCCCN)C(=O)N/C(=C\CCN=C(N)N)C(=O)O)c1cccs1. The van der Waals surface area contributed by atoms with Gasteiger partial charge < -0.3 is 87.1 Å². The number of nitrogens with zero attached hydrogens (tertiary/aromatic N) is 3. The molecule has 0 aliphatic carbocycles. The van der Waals surface area contributed by atoms with Crippen LogP contribution >= 0.6 is 11.3 Å². The Kier molecular flexibility index (Phi) is 27.7. The van der Waals surface area contributed by atoms with Crippen LogP contribution in [0, 0.1) is 0 Å². The molecule has 28 heteroatoms. The Bertz CT molecular complexity index is 2050. The molecule has 1 unspecified atom stereocenters. The number of thiophene rings is 1. The third-order valence-corrected chi connectivity index (χ3v) is 11.8. The molecule has 0 saturated carbocycles. The van der Waals surface area contributed by atoms with Gasteiger partial charge in [-0.05, 0) is 102 Å². The summed E-state index contributed by atoms with van der Waals surface area (Å²) in [6.45, 7) is 1.05. The molecule has 1 fully saturated rings. The molecule has 1 aliphatic rings. The van der Waals surface area contributed by atoms with Crippen molar-refractivity contribution in [1.82, 2.24) is 36.8 Å². The average Bonchev–Trinajstić information content (AvgIpc) is 4.07. The molecule has 0 spiro atoms. The van der Waals surface area contributed by atoms with E-state index >= 15 is 0 Å². The number of carbonyl (C=O) groups is 9. The van der Waals surface area contributed by atoms with Gasteiger partial charge in [0, 0.05) is 24.5 Å². The molecule has 71 heavy (non-hydrogen) atoms. The second-order valence-electron chi connectivity index (χ2n) is 16.4. The van der Waals surface area contributed by atoms with E-state index in [0.717, 1.165) is 11.3 Å². The molecule has 22 N–H and O–H groups in total. The quantitative estimate of drug-likeness (QED) is 0.0139. The number of hydrogen-bond acceptors (Lipinski definition) is 17. The van der Waals surface area contributed by atoms with Crippen LogP contribution in [-0.2, 0) is 43.2 Å². The zero-order chi connectivity index (χ0) is 53.0. The number of aliphatic hydroxyl groups excluding tert-OH is 1. The van der Waals surface area contributed by atoms with Gasteiger partial charge in [0.05, 0.1) is 18.7 Å². The summed E-state index contributed by atoms with van der Waals surface area (Å²) in [4.78, 5) is 129. The van der Waals surface area contributed by atoms with E-state index in [-0.39, 0.29) is 76.4 Å². The number of aliphatic hydroxyl groups is 1. The molecule has 7 atom stereocenters. The molecule has 27 nitrogen and oxygen atoms in total. The number of guanidine groups is 1. The van der Waals surface area contributed by atoms with E-state index in [4.69, 9.17) is 40.1 Å². The summed E-state index contributed by atoms with van der Waals surface area (Å²) in [5.41, 5.74) is 38.3. The summed E-state index contributed by atoms with van der Waals surface area (Å²) in [6.07, 6.45) is 2.75. The molecule has 0 bridgehead atoms. The van der Waals surface area contributed by atoms with E-state index in [1.165, 1.54) is 17.9 Å². The van der Waals surface area contributed by atoms with Crippen LogP contribution in [0.15, 0.2) is 39.3 Å². The van der Waals surface area contributed by atoms with Crippen molar-refractivity contribution >= 4 is 76.2 Å². The first-order chi connectivity index (χ1) is 33.8. The fourth-order valence-corrected chi connectivity index (χ4v) is 7.74. The molecule has 1 aromatic rings. The number of aliphatic carboxylic acids is 1. The third-order valence-electron chi connectivity index (χ3n) is 10.8. The smallest absolute Gasteiger partial charge is 0.352 e. The molecule has 8 amide bonds. The Balaban J connectivity index is 2.23. The van der Waals surface area contributed by atoms with Crippen molar-refractivity contribution in [2.45, 2.75) is 120 Å². The van der Waals surface area contributed by atoms with Crippen molar-refractivity contribution < 1.29 is 53.4 Å². The van der Waals surface area contributed by atoms with E-state index in [0.29, 0.717) is 43.5 Å². The van der Waals surface area contributed by atoms with Crippen LogP contribution in [0.3, 0.4) is 0 Å². The van der Waals surface area contributed by atoms with Crippen LogP contribution in [0.2, 0.25) is 0 Å². The summed E-state index contributed by atoms with van der Waals surface area (Å²) in [6, 6.07) is -4.42. The third kappa shape index (κ3) is 21.2. The van der Waals surface area contributed by atoms with Crippen LogP contribution < -0.4 is 72.0 Å². The van der Waals surface area contributed by atoms with Crippen LogP contribution in [0.4, 0.5) is 0 Å².